The van der Waals surface area contributed by atoms with Gasteiger partial charge in [0, 0.05) is 23.1 Å². The van der Waals surface area contributed by atoms with Gasteiger partial charge >= 0.3 is 0 Å². The number of hydrogen-bond acceptors (Lipinski definition) is 6. The summed E-state index contributed by atoms with van der Waals surface area (Å²) in [6, 6.07) is 7.71. The van der Waals surface area contributed by atoms with Crippen molar-refractivity contribution in [3.63, 3.8) is 0 Å². The van der Waals surface area contributed by atoms with E-state index in [2.05, 4.69) is 5.32 Å². The van der Waals surface area contributed by atoms with Gasteiger partial charge in [0.1, 0.15) is 10.8 Å². The first-order valence-corrected chi connectivity index (χ1v) is 8.29. The third-order valence-electron chi connectivity index (χ3n) is 3.26. The van der Waals surface area contributed by atoms with Gasteiger partial charge in [-0.05, 0) is 12.1 Å². The molecule has 0 aromatic heterocycles. The van der Waals surface area contributed by atoms with Crippen LogP contribution < -0.4 is 5.32 Å². The van der Waals surface area contributed by atoms with E-state index in [1.54, 1.807) is 17.8 Å². The summed E-state index contributed by atoms with van der Waals surface area (Å²) in [4.78, 5) is 4.72. The van der Waals surface area contributed by atoms with E-state index in [1.807, 2.05) is 30.0 Å². The molecule has 1 fully saturated rings. The molecule has 0 aliphatic carbocycles. The Morgan fingerprint density at radius 3 is 2.89 bits per heavy atom. The molecule has 102 valence electrons. The molecule has 4 nitrogen and oxygen atoms in total. The number of aliphatic hydroxyl groups excluding tert-OH is 1. The van der Waals surface area contributed by atoms with Gasteiger partial charge in [-0.25, -0.2) is 0 Å². The number of aromatic hydroxyl groups is 1. The summed E-state index contributed by atoms with van der Waals surface area (Å²) in [7, 11) is 0. The smallest absolute Gasteiger partial charge is 0.125 e. The third-order valence-corrected chi connectivity index (χ3v) is 5.77. The predicted octanol–water partition coefficient (Wildman–Crippen LogP) is 1.28. The Labute approximate surface area is 120 Å². The van der Waals surface area contributed by atoms with Crippen LogP contribution in [0.5, 0.6) is 5.75 Å². The van der Waals surface area contributed by atoms with Crippen molar-refractivity contribution in [2.24, 2.45) is 4.99 Å². The fourth-order valence-corrected chi connectivity index (χ4v) is 4.79. The minimum absolute atomic E-state index is 0.180. The average Bonchev–Trinajstić information content (AvgIpc) is 3.08. The Bertz CT molecular complexity index is 495. The number of nitrogens with one attached hydrogen (secondary N) is 1. The number of hydrogen-bond donors (Lipinski definition) is 3. The Kier molecular flexibility index (Phi) is 4.02. The monoisotopic (exact) mass is 296 g/mol. The lowest BCUT2D eigenvalue weighted by Crippen LogP contribution is -2.38. The number of para-hydroxylation sites is 1. The number of phenols is 1. The zero-order chi connectivity index (χ0) is 13.2. The predicted molar refractivity (Wildman–Crippen MR) is 81.1 cm³/mol. The standard InChI is InChI=1S/C13H16N2O2S2/c16-5-8-6-18-13(14-8)10-7-19-12(15-10)9-3-1-2-4-11(9)17/h1-4,8,10,13-14,16-17H,5-7H2. The number of thioether (sulfide) groups is 2. The molecule has 2 aliphatic rings. The highest BCUT2D eigenvalue weighted by molar-refractivity contribution is 8.14. The summed E-state index contributed by atoms with van der Waals surface area (Å²) < 4.78 is 0. The van der Waals surface area contributed by atoms with Crippen LogP contribution in [-0.4, -0.2) is 50.8 Å². The average molecular weight is 296 g/mol. The van der Waals surface area contributed by atoms with Gasteiger partial charge in [0.05, 0.1) is 18.0 Å². The molecule has 3 atom stereocenters. The maximum absolute atomic E-state index is 9.85. The largest absolute Gasteiger partial charge is 0.507 e. The summed E-state index contributed by atoms with van der Waals surface area (Å²) in [5.41, 5.74) is 0.816. The lowest BCUT2D eigenvalue weighted by molar-refractivity contribution is 0.255. The lowest BCUT2D eigenvalue weighted by atomic mass is 10.2. The minimum atomic E-state index is 0.180. The van der Waals surface area contributed by atoms with Gasteiger partial charge in [0.25, 0.3) is 0 Å². The fraction of sp³-hybridized carbons (Fsp3) is 0.462. The van der Waals surface area contributed by atoms with Crippen LogP contribution in [0.1, 0.15) is 5.56 Å². The van der Waals surface area contributed by atoms with Crippen molar-refractivity contribution >= 4 is 28.6 Å². The van der Waals surface area contributed by atoms with Crippen LogP contribution in [0, 0.1) is 0 Å². The molecule has 0 spiro atoms. The second kappa shape index (κ2) is 5.75. The Morgan fingerprint density at radius 1 is 1.32 bits per heavy atom. The molecule has 0 bridgehead atoms. The van der Waals surface area contributed by atoms with Gasteiger partial charge in [0.2, 0.25) is 0 Å². The Balaban J connectivity index is 1.73. The number of benzene rings is 1. The van der Waals surface area contributed by atoms with Crippen molar-refractivity contribution < 1.29 is 10.2 Å². The number of rotatable bonds is 3. The molecule has 3 N–H and O–H groups in total. The number of phenolic OH excluding ortho intramolecular Hbond substituents is 1. The molecular formula is C13H16N2O2S2. The molecule has 1 aromatic rings. The van der Waals surface area contributed by atoms with Crippen LogP contribution in [0.2, 0.25) is 0 Å². The van der Waals surface area contributed by atoms with Crippen LogP contribution >= 0.6 is 23.5 Å². The van der Waals surface area contributed by atoms with Gasteiger partial charge in [0.15, 0.2) is 0 Å². The maximum atomic E-state index is 9.85. The van der Waals surface area contributed by atoms with Crippen molar-refractivity contribution in [3.05, 3.63) is 29.8 Å². The zero-order valence-corrected chi connectivity index (χ0v) is 12.0. The van der Waals surface area contributed by atoms with E-state index in [9.17, 15) is 5.11 Å². The first-order chi connectivity index (χ1) is 9.28. The Hall–Kier alpha value is -0.690. The Morgan fingerprint density at radius 2 is 2.16 bits per heavy atom. The van der Waals surface area contributed by atoms with E-state index in [0.717, 1.165) is 22.1 Å². The van der Waals surface area contributed by atoms with Crippen LogP contribution in [0.4, 0.5) is 0 Å². The number of aliphatic hydroxyl groups is 1. The molecule has 0 radical (unpaired) electrons. The van der Waals surface area contributed by atoms with Crippen LogP contribution in [0.25, 0.3) is 0 Å². The molecule has 6 heteroatoms. The van der Waals surface area contributed by atoms with Crippen molar-refractivity contribution in [1.29, 1.82) is 0 Å². The molecule has 2 heterocycles. The van der Waals surface area contributed by atoms with E-state index >= 15 is 0 Å². The van der Waals surface area contributed by atoms with E-state index in [1.165, 1.54) is 0 Å². The van der Waals surface area contributed by atoms with E-state index in [-0.39, 0.29) is 29.8 Å². The number of nitrogens with zero attached hydrogens (tertiary/aromatic N) is 1. The summed E-state index contributed by atoms with van der Waals surface area (Å²) in [5.74, 6) is 2.14. The van der Waals surface area contributed by atoms with Crippen molar-refractivity contribution in [2.75, 3.05) is 18.1 Å². The molecule has 3 rings (SSSR count). The SMILES string of the molecule is OCC1CSC(C2CSC(c3ccccc3O)=N2)N1. The quantitative estimate of drug-likeness (QED) is 0.784. The molecule has 3 unspecified atom stereocenters. The van der Waals surface area contributed by atoms with E-state index < -0.39 is 0 Å². The van der Waals surface area contributed by atoms with Crippen molar-refractivity contribution in [3.8, 4) is 5.75 Å². The van der Waals surface area contributed by atoms with Crippen LogP contribution in [-0.2, 0) is 0 Å². The lowest BCUT2D eigenvalue weighted by Gasteiger charge is -2.15. The molecule has 0 saturated carbocycles. The maximum Gasteiger partial charge on any atom is 0.125 e. The normalized spacial score (nSPS) is 30.6. The van der Waals surface area contributed by atoms with Gasteiger partial charge in [-0.15, -0.1) is 23.5 Å². The highest BCUT2D eigenvalue weighted by Crippen LogP contribution is 2.33. The summed E-state index contributed by atoms with van der Waals surface area (Å²) >= 11 is 3.51. The highest BCUT2D eigenvalue weighted by Gasteiger charge is 2.33. The number of aliphatic imine (C=N–C) groups is 1. The highest BCUT2D eigenvalue weighted by atomic mass is 32.2. The summed E-state index contributed by atoms with van der Waals surface area (Å²) in [6.45, 7) is 0.180. The van der Waals surface area contributed by atoms with Gasteiger partial charge in [-0.2, -0.15) is 0 Å². The minimum Gasteiger partial charge on any atom is -0.507 e. The second-order valence-corrected chi connectivity index (χ2v) is 6.81. The third kappa shape index (κ3) is 2.76. The fourth-order valence-electron chi connectivity index (χ4n) is 2.22. The van der Waals surface area contributed by atoms with E-state index in [4.69, 9.17) is 10.1 Å². The van der Waals surface area contributed by atoms with Gasteiger partial charge in [-0.3, -0.25) is 10.3 Å². The molecule has 19 heavy (non-hydrogen) atoms. The van der Waals surface area contributed by atoms with Gasteiger partial charge < -0.3 is 10.2 Å². The van der Waals surface area contributed by atoms with Crippen LogP contribution in [0.15, 0.2) is 29.3 Å². The second-order valence-electron chi connectivity index (χ2n) is 4.63. The summed E-state index contributed by atoms with van der Waals surface area (Å²) in [5, 5.41) is 23.6. The van der Waals surface area contributed by atoms with Crippen LogP contribution in [0.3, 0.4) is 0 Å². The van der Waals surface area contributed by atoms with Crippen molar-refractivity contribution in [1.82, 2.24) is 5.32 Å². The zero-order valence-electron chi connectivity index (χ0n) is 10.3. The first-order valence-electron chi connectivity index (χ1n) is 6.25. The van der Waals surface area contributed by atoms with E-state index in [0.29, 0.717) is 0 Å². The molecule has 1 aromatic carbocycles. The molecule has 0 amide bonds. The molecular weight excluding hydrogens is 280 g/mol. The first kappa shape index (κ1) is 13.3. The topological polar surface area (TPSA) is 64.8 Å². The molecule has 2 aliphatic heterocycles. The summed E-state index contributed by atoms with van der Waals surface area (Å²) in [6.07, 6.45) is 0. The van der Waals surface area contributed by atoms with Crippen molar-refractivity contribution in [2.45, 2.75) is 17.5 Å². The van der Waals surface area contributed by atoms with Gasteiger partial charge in [-0.1, -0.05) is 12.1 Å². The molecule has 1 saturated heterocycles.